The molecule has 1 aliphatic rings. The zero-order chi connectivity index (χ0) is 25.7. The monoisotopic (exact) mass is 487 g/mol. The van der Waals surface area contributed by atoms with E-state index < -0.39 is 0 Å². The van der Waals surface area contributed by atoms with Crippen LogP contribution in [0.4, 0.5) is 11.4 Å². The molecule has 1 heteroatoms. The molecule has 0 saturated carbocycles. The highest BCUT2D eigenvalue weighted by Crippen LogP contribution is 2.49. The zero-order valence-corrected chi connectivity index (χ0v) is 21.7. The number of fused-ring (bicyclic) bond motifs is 4. The van der Waals surface area contributed by atoms with Crippen molar-refractivity contribution in [2.24, 2.45) is 0 Å². The summed E-state index contributed by atoms with van der Waals surface area (Å²) in [7, 11) is 0. The van der Waals surface area contributed by atoms with Gasteiger partial charge in [-0.15, -0.1) is 0 Å². The van der Waals surface area contributed by atoms with Crippen LogP contribution in [-0.2, 0) is 5.41 Å². The maximum atomic E-state index is 3.79. The molecule has 0 aromatic heterocycles. The fourth-order valence-electron chi connectivity index (χ4n) is 6.19. The molecule has 1 N–H and O–H groups in total. The van der Waals surface area contributed by atoms with Crippen LogP contribution in [-0.4, -0.2) is 0 Å². The first-order chi connectivity index (χ1) is 18.6. The van der Waals surface area contributed by atoms with Gasteiger partial charge < -0.3 is 5.32 Å². The summed E-state index contributed by atoms with van der Waals surface area (Å²) >= 11 is 0. The quantitative estimate of drug-likeness (QED) is 0.261. The molecule has 182 valence electrons. The number of rotatable bonds is 4. The topological polar surface area (TPSA) is 12.0 Å². The van der Waals surface area contributed by atoms with Crippen LogP contribution >= 0.6 is 0 Å². The van der Waals surface area contributed by atoms with Gasteiger partial charge >= 0.3 is 0 Å². The van der Waals surface area contributed by atoms with E-state index >= 15 is 0 Å². The fourth-order valence-corrected chi connectivity index (χ4v) is 6.19. The summed E-state index contributed by atoms with van der Waals surface area (Å²) in [5, 5.41) is 6.31. The summed E-state index contributed by atoms with van der Waals surface area (Å²) in [6.07, 6.45) is 0. The number of hydrogen-bond acceptors (Lipinski definition) is 1. The molecule has 0 atom stereocenters. The SMILES string of the molecule is CC1(C)c2ccccc2-c2ccc(Nc3ccccc3-c3cccc4cccc(-c5ccccc5)c34)cc21. The third kappa shape index (κ3) is 3.55. The zero-order valence-electron chi connectivity index (χ0n) is 21.7. The Hall–Kier alpha value is -4.62. The molecule has 0 saturated heterocycles. The van der Waals surface area contributed by atoms with E-state index in [1.807, 2.05) is 0 Å². The minimum absolute atomic E-state index is 0.0245. The molecule has 0 fully saturated rings. The Labute approximate surface area is 224 Å². The molecule has 7 rings (SSSR count). The van der Waals surface area contributed by atoms with Gasteiger partial charge in [-0.1, -0.05) is 129 Å². The van der Waals surface area contributed by atoms with E-state index in [0.29, 0.717) is 0 Å². The van der Waals surface area contributed by atoms with Crippen LogP contribution < -0.4 is 5.32 Å². The summed E-state index contributed by atoms with van der Waals surface area (Å²) in [5.41, 5.74) is 12.6. The largest absolute Gasteiger partial charge is 0.355 e. The number of nitrogens with one attached hydrogen (secondary N) is 1. The standard InChI is InChI=1S/C37H29N/c1-37(2)33-20-8-6-16-29(33)30-23-22-27(24-34(30)37)38-35-21-9-7-17-31(35)32-19-11-15-26-14-10-18-28(36(26)32)25-12-4-3-5-13-25/h3-24,38H,1-2H3. The van der Waals surface area contributed by atoms with Crippen molar-refractivity contribution in [1.29, 1.82) is 0 Å². The van der Waals surface area contributed by atoms with E-state index in [1.54, 1.807) is 0 Å². The Morgan fingerprint density at radius 1 is 0.474 bits per heavy atom. The molecule has 0 amide bonds. The predicted octanol–water partition coefficient (Wildman–Crippen LogP) is 10.2. The Balaban J connectivity index is 1.35. The Morgan fingerprint density at radius 3 is 1.92 bits per heavy atom. The van der Waals surface area contributed by atoms with Crippen LogP contribution in [0, 0.1) is 0 Å². The summed E-state index contributed by atoms with van der Waals surface area (Å²) < 4.78 is 0. The molecule has 0 unspecified atom stereocenters. The highest BCUT2D eigenvalue weighted by molar-refractivity contribution is 6.08. The smallest absolute Gasteiger partial charge is 0.0464 e. The predicted molar refractivity (Wildman–Crippen MR) is 162 cm³/mol. The third-order valence-corrected chi connectivity index (χ3v) is 8.07. The van der Waals surface area contributed by atoms with Crippen molar-refractivity contribution in [3.63, 3.8) is 0 Å². The molecule has 1 nitrogen and oxygen atoms in total. The second kappa shape index (κ2) is 8.75. The van der Waals surface area contributed by atoms with Crippen molar-refractivity contribution >= 4 is 22.1 Å². The molecule has 0 heterocycles. The first-order valence-corrected chi connectivity index (χ1v) is 13.3. The molecule has 38 heavy (non-hydrogen) atoms. The summed E-state index contributed by atoms with van der Waals surface area (Å²) in [5.74, 6) is 0. The Bertz CT molecular complexity index is 1810. The van der Waals surface area contributed by atoms with Gasteiger partial charge in [-0.25, -0.2) is 0 Å². The molecule has 0 spiro atoms. The van der Waals surface area contributed by atoms with Gasteiger partial charge in [0, 0.05) is 22.4 Å². The van der Waals surface area contributed by atoms with Crippen LogP contribution in [0.3, 0.4) is 0 Å². The minimum Gasteiger partial charge on any atom is -0.355 e. The van der Waals surface area contributed by atoms with Crippen LogP contribution in [0.2, 0.25) is 0 Å². The van der Waals surface area contributed by atoms with Crippen molar-refractivity contribution in [3.05, 3.63) is 145 Å². The van der Waals surface area contributed by atoms with Gasteiger partial charge in [-0.3, -0.25) is 0 Å². The Kier molecular flexibility index (Phi) is 5.19. The summed E-state index contributed by atoms with van der Waals surface area (Å²) in [4.78, 5) is 0. The molecular weight excluding hydrogens is 458 g/mol. The normalized spacial score (nSPS) is 13.2. The molecular formula is C37H29N. The molecule has 6 aromatic carbocycles. The van der Waals surface area contributed by atoms with Gasteiger partial charge in [0.1, 0.15) is 0 Å². The third-order valence-electron chi connectivity index (χ3n) is 8.07. The fraction of sp³-hybridized carbons (Fsp3) is 0.0811. The van der Waals surface area contributed by atoms with Gasteiger partial charge in [-0.05, 0) is 67.9 Å². The molecule has 6 aromatic rings. The lowest BCUT2D eigenvalue weighted by molar-refractivity contribution is 0.660. The second-order valence-corrected chi connectivity index (χ2v) is 10.7. The van der Waals surface area contributed by atoms with Crippen LogP contribution in [0.25, 0.3) is 44.2 Å². The molecule has 0 aliphatic heterocycles. The number of anilines is 2. The van der Waals surface area contributed by atoms with Gasteiger partial charge in [-0.2, -0.15) is 0 Å². The van der Waals surface area contributed by atoms with E-state index in [1.165, 1.54) is 55.3 Å². The highest BCUT2D eigenvalue weighted by atomic mass is 14.9. The van der Waals surface area contributed by atoms with Crippen LogP contribution in [0.15, 0.2) is 133 Å². The van der Waals surface area contributed by atoms with E-state index in [0.717, 1.165) is 11.4 Å². The maximum absolute atomic E-state index is 3.79. The van der Waals surface area contributed by atoms with E-state index in [-0.39, 0.29) is 5.41 Å². The van der Waals surface area contributed by atoms with Crippen molar-refractivity contribution < 1.29 is 0 Å². The molecule has 1 aliphatic carbocycles. The average molecular weight is 488 g/mol. The van der Waals surface area contributed by atoms with Gasteiger partial charge in [0.2, 0.25) is 0 Å². The van der Waals surface area contributed by atoms with Crippen molar-refractivity contribution in [2.75, 3.05) is 5.32 Å². The van der Waals surface area contributed by atoms with Crippen molar-refractivity contribution in [1.82, 2.24) is 0 Å². The van der Waals surface area contributed by atoms with Crippen LogP contribution in [0.1, 0.15) is 25.0 Å². The van der Waals surface area contributed by atoms with E-state index in [4.69, 9.17) is 0 Å². The maximum Gasteiger partial charge on any atom is 0.0464 e. The number of benzene rings is 6. The summed E-state index contributed by atoms with van der Waals surface area (Å²) in [6.45, 7) is 4.66. The lowest BCUT2D eigenvalue weighted by Crippen LogP contribution is -2.15. The average Bonchev–Trinajstić information content (AvgIpc) is 3.19. The van der Waals surface area contributed by atoms with E-state index in [2.05, 4.69) is 153 Å². The molecule has 0 bridgehead atoms. The van der Waals surface area contributed by atoms with Gasteiger partial charge in [0.25, 0.3) is 0 Å². The lowest BCUT2D eigenvalue weighted by Gasteiger charge is -2.22. The minimum atomic E-state index is -0.0245. The second-order valence-electron chi connectivity index (χ2n) is 10.7. The van der Waals surface area contributed by atoms with Crippen molar-refractivity contribution in [2.45, 2.75) is 19.3 Å². The molecule has 0 radical (unpaired) electrons. The van der Waals surface area contributed by atoms with Crippen LogP contribution in [0.5, 0.6) is 0 Å². The Morgan fingerprint density at radius 2 is 1.11 bits per heavy atom. The number of hydrogen-bond donors (Lipinski definition) is 1. The van der Waals surface area contributed by atoms with Crippen molar-refractivity contribution in [3.8, 4) is 33.4 Å². The van der Waals surface area contributed by atoms with Gasteiger partial charge in [0.05, 0.1) is 0 Å². The van der Waals surface area contributed by atoms with E-state index in [9.17, 15) is 0 Å². The number of para-hydroxylation sites is 1. The van der Waals surface area contributed by atoms with Gasteiger partial charge in [0.15, 0.2) is 0 Å². The first kappa shape index (κ1) is 22.6. The summed E-state index contributed by atoms with van der Waals surface area (Å²) in [6, 6.07) is 48.2. The first-order valence-electron chi connectivity index (χ1n) is 13.3. The lowest BCUT2D eigenvalue weighted by atomic mass is 9.82. The highest BCUT2D eigenvalue weighted by Gasteiger charge is 2.35.